The molecule has 0 radical (unpaired) electrons. The molecule has 7 nitrogen and oxygen atoms in total. The fourth-order valence-electron chi connectivity index (χ4n) is 0.913. The zero-order valence-electron chi connectivity index (χ0n) is 8.67. The van der Waals surface area contributed by atoms with Gasteiger partial charge < -0.3 is 5.73 Å². The molecule has 0 fully saturated rings. The van der Waals surface area contributed by atoms with Gasteiger partial charge >= 0.3 is 0 Å². The summed E-state index contributed by atoms with van der Waals surface area (Å²) in [5.74, 6) is 0.752. The van der Waals surface area contributed by atoms with Gasteiger partial charge in [0.15, 0.2) is 0 Å². The highest BCUT2D eigenvalue weighted by Gasteiger charge is 2.14. The first-order chi connectivity index (χ1) is 7.13. The number of carbonyl (C=O) groups excluding carboxylic acids is 1. The quantitative estimate of drug-likeness (QED) is 0.689. The maximum absolute atomic E-state index is 11.5. The minimum absolute atomic E-state index is 0.183. The Morgan fingerprint density at radius 1 is 1.73 bits per heavy atom. The average Bonchev–Trinajstić information content (AvgIpc) is 2.60. The van der Waals surface area contributed by atoms with Crippen LogP contribution < -0.4 is 11.1 Å². The number of rotatable bonds is 5. The van der Waals surface area contributed by atoms with Gasteiger partial charge in [0.1, 0.15) is 0 Å². The van der Waals surface area contributed by atoms with Gasteiger partial charge in [-0.1, -0.05) is 5.10 Å². The van der Waals surface area contributed by atoms with Crippen LogP contribution in [0, 0.1) is 0 Å². The molecule has 1 aromatic heterocycles. The van der Waals surface area contributed by atoms with E-state index in [1.807, 2.05) is 6.26 Å². The highest BCUT2D eigenvalue weighted by molar-refractivity contribution is 7.98. The first kappa shape index (κ1) is 11.9. The first-order valence-electron chi connectivity index (χ1n) is 4.43. The molecule has 0 unspecified atom stereocenters. The summed E-state index contributed by atoms with van der Waals surface area (Å²) in [4.78, 5) is 12.7. The molecule has 15 heavy (non-hydrogen) atoms. The van der Waals surface area contributed by atoms with E-state index in [2.05, 4.69) is 20.7 Å². The molecule has 0 aliphatic carbocycles. The van der Waals surface area contributed by atoms with Crippen LogP contribution in [0.3, 0.4) is 0 Å². The minimum Gasteiger partial charge on any atom is -0.320 e. The number of nitrogens with two attached hydrogens (primary N) is 1. The van der Waals surface area contributed by atoms with E-state index in [9.17, 15) is 4.79 Å². The van der Waals surface area contributed by atoms with Gasteiger partial charge in [0.05, 0.1) is 13.1 Å². The highest BCUT2D eigenvalue weighted by Crippen LogP contribution is 2.01. The van der Waals surface area contributed by atoms with Gasteiger partial charge in [-0.3, -0.25) is 10.1 Å². The van der Waals surface area contributed by atoms with Gasteiger partial charge in [-0.25, -0.2) is 0 Å². The van der Waals surface area contributed by atoms with Gasteiger partial charge in [-0.2, -0.15) is 16.6 Å². The monoisotopic (exact) mass is 230 g/mol. The van der Waals surface area contributed by atoms with Crippen LogP contribution in [0.25, 0.3) is 0 Å². The molecule has 0 spiro atoms. The van der Waals surface area contributed by atoms with E-state index in [0.717, 1.165) is 5.75 Å². The molecule has 0 saturated heterocycles. The highest BCUT2D eigenvalue weighted by atomic mass is 32.2. The number of nitrogens with zero attached hydrogens (tertiary/aromatic N) is 4. The van der Waals surface area contributed by atoms with Crippen molar-refractivity contribution in [1.29, 1.82) is 0 Å². The molecule has 8 heteroatoms. The second kappa shape index (κ2) is 5.66. The summed E-state index contributed by atoms with van der Waals surface area (Å²) in [7, 11) is 1.62. The van der Waals surface area contributed by atoms with Crippen molar-refractivity contribution in [3.05, 3.63) is 0 Å². The van der Waals surface area contributed by atoms with E-state index in [-0.39, 0.29) is 11.9 Å². The van der Waals surface area contributed by atoms with Crippen molar-refractivity contribution >= 4 is 23.6 Å². The number of tetrazole rings is 1. The number of hydrogen-bond donors (Lipinski definition) is 2. The molecule has 0 bridgehead atoms. The number of thioether (sulfide) groups is 1. The fourth-order valence-corrected chi connectivity index (χ4v) is 1.40. The third-order valence-electron chi connectivity index (χ3n) is 1.71. The SMILES string of the molecule is CSCC[C@@H](N)C(=O)Nc1nnn(C)n1. The lowest BCUT2D eigenvalue weighted by Gasteiger charge is -2.08. The summed E-state index contributed by atoms with van der Waals surface area (Å²) in [6, 6.07) is -0.527. The predicted molar refractivity (Wildman–Crippen MR) is 58.4 cm³/mol. The average molecular weight is 230 g/mol. The smallest absolute Gasteiger partial charge is 0.270 e. The van der Waals surface area contributed by atoms with Crippen molar-refractivity contribution in [3.63, 3.8) is 0 Å². The van der Waals surface area contributed by atoms with Crippen molar-refractivity contribution in [2.24, 2.45) is 12.8 Å². The molecule has 1 heterocycles. The molecule has 0 saturated carbocycles. The third kappa shape index (κ3) is 3.84. The predicted octanol–water partition coefficient (Wildman–Crippen LogP) is -0.771. The molecule has 1 rings (SSSR count). The van der Waals surface area contributed by atoms with Gasteiger partial charge in [0.2, 0.25) is 5.91 Å². The fraction of sp³-hybridized carbons (Fsp3) is 0.714. The van der Waals surface area contributed by atoms with E-state index in [4.69, 9.17) is 5.73 Å². The van der Waals surface area contributed by atoms with Gasteiger partial charge in [0.25, 0.3) is 5.95 Å². The van der Waals surface area contributed by atoms with E-state index < -0.39 is 6.04 Å². The number of aromatic nitrogens is 4. The summed E-state index contributed by atoms with van der Waals surface area (Å²) in [5.41, 5.74) is 5.65. The molecule has 0 aliphatic rings. The van der Waals surface area contributed by atoms with Crippen molar-refractivity contribution < 1.29 is 4.79 Å². The summed E-state index contributed by atoms with van der Waals surface area (Å²) in [5, 5.41) is 13.5. The second-order valence-electron chi connectivity index (χ2n) is 2.98. The van der Waals surface area contributed by atoms with Gasteiger partial charge in [-0.15, -0.1) is 5.10 Å². The van der Waals surface area contributed by atoms with E-state index in [1.54, 1.807) is 18.8 Å². The number of aryl methyl sites for hydroxylation is 1. The Morgan fingerprint density at radius 2 is 2.47 bits per heavy atom. The number of hydrogen-bond acceptors (Lipinski definition) is 6. The Labute approximate surface area is 91.8 Å². The summed E-state index contributed by atoms with van der Waals surface area (Å²) in [6.07, 6.45) is 2.60. The maximum Gasteiger partial charge on any atom is 0.270 e. The Morgan fingerprint density at radius 3 is 3.00 bits per heavy atom. The van der Waals surface area contributed by atoms with Crippen LogP contribution in [-0.2, 0) is 11.8 Å². The molecule has 0 aromatic carbocycles. The molecular formula is C7H14N6OS. The normalized spacial score (nSPS) is 12.5. The van der Waals surface area contributed by atoms with E-state index in [0.29, 0.717) is 6.42 Å². The number of nitrogens with one attached hydrogen (secondary N) is 1. The van der Waals surface area contributed by atoms with Crippen LogP contribution >= 0.6 is 11.8 Å². The van der Waals surface area contributed by atoms with Crippen molar-refractivity contribution in [1.82, 2.24) is 20.2 Å². The standard InChI is InChI=1S/C7H14N6OS/c1-13-11-7(10-12-13)9-6(14)5(8)3-4-15-2/h5H,3-4,8H2,1-2H3,(H,9,11,14)/t5-/m1/s1. The lowest BCUT2D eigenvalue weighted by molar-refractivity contribution is -0.117. The number of amides is 1. The van der Waals surface area contributed by atoms with E-state index in [1.165, 1.54) is 4.80 Å². The molecule has 3 N–H and O–H groups in total. The minimum atomic E-state index is -0.527. The van der Waals surface area contributed by atoms with Gasteiger partial charge in [-0.05, 0) is 23.6 Å². The van der Waals surface area contributed by atoms with Crippen LogP contribution in [0.5, 0.6) is 0 Å². The topological polar surface area (TPSA) is 98.7 Å². The molecule has 84 valence electrons. The molecule has 1 amide bonds. The van der Waals surface area contributed by atoms with Crippen molar-refractivity contribution in [2.75, 3.05) is 17.3 Å². The Bertz CT molecular complexity index is 327. The first-order valence-corrected chi connectivity index (χ1v) is 5.82. The van der Waals surface area contributed by atoms with Crippen molar-refractivity contribution in [3.8, 4) is 0 Å². The number of carbonyl (C=O) groups is 1. The van der Waals surface area contributed by atoms with Gasteiger partial charge in [0, 0.05) is 0 Å². The van der Waals surface area contributed by atoms with Crippen LogP contribution in [0.1, 0.15) is 6.42 Å². The van der Waals surface area contributed by atoms with Crippen LogP contribution in [-0.4, -0.2) is 44.2 Å². The van der Waals surface area contributed by atoms with Crippen LogP contribution in [0.15, 0.2) is 0 Å². The molecular weight excluding hydrogens is 216 g/mol. The van der Waals surface area contributed by atoms with E-state index >= 15 is 0 Å². The molecule has 1 atom stereocenters. The third-order valence-corrected chi connectivity index (χ3v) is 2.36. The Balaban J connectivity index is 2.41. The lowest BCUT2D eigenvalue weighted by atomic mass is 10.2. The Hall–Kier alpha value is -1.15. The maximum atomic E-state index is 11.5. The van der Waals surface area contributed by atoms with Crippen molar-refractivity contribution in [2.45, 2.75) is 12.5 Å². The second-order valence-corrected chi connectivity index (χ2v) is 3.97. The summed E-state index contributed by atoms with van der Waals surface area (Å²) < 4.78 is 0. The van der Waals surface area contributed by atoms with Crippen LogP contribution in [0.2, 0.25) is 0 Å². The molecule has 0 aliphatic heterocycles. The largest absolute Gasteiger partial charge is 0.320 e. The Kier molecular flexibility index (Phi) is 4.50. The molecule has 1 aromatic rings. The number of anilines is 1. The summed E-state index contributed by atoms with van der Waals surface area (Å²) in [6.45, 7) is 0. The van der Waals surface area contributed by atoms with Crippen LogP contribution in [0.4, 0.5) is 5.95 Å². The zero-order valence-corrected chi connectivity index (χ0v) is 9.49. The zero-order chi connectivity index (χ0) is 11.3. The lowest BCUT2D eigenvalue weighted by Crippen LogP contribution is -2.36. The summed E-state index contributed by atoms with van der Waals surface area (Å²) >= 11 is 1.65.